The third-order valence-corrected chi connectivity index (χ3v) is 3.91. The molecule has 9 nitrogen and oxygen atoms in total. The number of nitrogens with zero attached hydrogens (tertiary/aromatic N) is 3. The lowest BCUT2D eigenvalue weighted by Gasteiger charge is -2.26. The lowest BCUT2D eigenvalue weighted by molar-refractivity contribution is -0.386. The summed E-state index contributed by atoms with van der Waals surface area (Å²) >= 11 is 0. The fourth-order valence-corrected chi connectivity index (χ4v) is 2.69. The molecule has 0 aliphatic carbocycles. The molecule has 1 aliphatic rings. The number of ether oxygens (including phenoxy) is 2. The molecule has 0 unspecified atom stereocenters. The summed E-state index contributed by atoms with van der Waals surface area (Å²) in [6.45, 7) is 3.63. The largest absolute Gasteiger partial charge is 0.486 e. The van der Waals surface area contributed by atoms with Crippen molar-refractivity contribution in [2.75, 3.05) is 13.2 Å². The van der Waals surface area contributed by atoms with Crippen molar-refractivity contribution in [1.29, 1.82) is 0 Å². The van der Waals surface area contributed by atoms with Crippen molar-refractivity contribution in [2.45, 2.75) is 26.5 Å². The molecule has 0 saturated heterocycles. The molecule has 132 valence electrons. The van der Waals surface area contributed by atoms with Crippen LogP contribution in [-0.4, -0.2) is 39.9 Å². The van der Waals surface area contributed by atoms with Crippen molar-refractivity contribution in [3.05, 3.63) is 45.8 Å². The minimum Gasteiger partial charge on any atom is -0.486 e. The van der Waals surface area contributed by atoms with Crippen LogP contribution in [0.1, 0.15) is 11.4 Å². The van der Waals surface area contributed by atoms with Crippen LogP contribution < -0.4 is 14.8 Å². The zero-order valence-corrected chi connectivity index (χ0v) is 13.9. The van der Waals surface area contributed by atoms with Crippen molar-refractivity contribution in [2.24, 2.45) is 0 Å². The first-order chi connectivity index (χ1) is 12.0. The van der Waals surface area contributed by atoms with Crippen LogP contribution in [0.2, 0.25) is 0 Å². The van der Waals surface area contributed by atoms with Crippen LogP contribution >= 0.6 is 0 Å². The van der Waals surface area contributed by atoms with Gasteiger partial charge in [-0.2, -0.15) is 5.10 Å². The summed E-state index contributed by atoms with van der Waals surface area (Å²) in [6, 6.07) is 7.33. The number of aromatic nitrogens is 2. The van der Waals surface area contributed by atoms with E-state index in [9.17, 15) is 14.9 Å². The topological polar surface area (TPSA) is 109 Å². The first-order valence-electron chi connectivity index (χ1n) is 7.79. The van der Waals surface area contributed by atoms with Gasteiger partial charge in [0.05, 0.1) is 11.5 Å². The number of benzene rings is 1. The average molecular weight is 346 g/mol. The van der Waals surface area contributed by atoms with E-state index in [0.29, 0.717) is 23.8 Å². The van der Waals surface area contributed by atoms with Crippen LogP contribution in [0.5, 0.6) is 11.5 Å². The van der Waals surface area contributed by atoms with E-state index in [-0.39, 0.29) is 36.5 Å². The normalized spacial score (nSPS) is 15.7. The molecular formula is C16H18N4O5. The van der Waals surface area contributed by atoms with Crippen molar-refractivity contribution in [1.82, 2.24) is 15.1 Å². The van der Waals surface area contributed by atoms with Gasteiger partial charge in [-0.25, -0.2) is 0 Å². The van der Waals surface area contributed by atoms with Crippen LogP contribution in [-0.2, 0) is 11.3 Å². The lowest BCUT2D eigenvalue weighted by Crippen LogP contribution is -2.41. The number of fused-ring (bicyclic) bond motifs is 1. The van der Waals surface area contributed by atoms with E-state index in [0.717, 1.165) is 0 Å². The molecular weight excluding hydrogens is 328 g/mol. The van der Waals surface area contributed by atoms with Crippen molar-refractivity contribution >= 4 is 11.6 Å². The highest BCUT2D eigenvalue weighted by molar-refractivity contribution is 5.75. The predicted molar refractivity (Wildman–Crippen MR) is 87.7 cm³/mol. The highest BCUT2D eigenvalue weighted by Gasteiger charge is 2.24. The molecule has 0 radical (unpaired) electrons. The van der Waals surface area contributed by atoms with E-state index < -0.39 is 4.92 Å². The summed E-state index contributed by atoms with van der Waals surface area (Å²) < 4.78 is 12.7. The number of rotatable bonds is 5. The van der Waals surface area contributed by atoms with Crippen LogP contribution in [0, 0.1) is 24.0 Å². The van der Waals surface area contributed by atoms with E-state index in [2.05, 4.69) is 10.4 Å². The minimum absolute atomic E-state index is 0.0616. The van der Waals surface area contributed by atoms with E-state index in [1.54, 1.807) is 19.9 Å². The highest BCUT2D eigenvalue weighted by atomic mass is 16.6. The summed E-state index contributed by atoms with van der Waals surface area (Å²) in [5.74, 6) is 1.02. The Morgan fingerprint density at radius 1 is 1.40 bits per heavy atom. The Balaban J connectivity index is 1.56. The first-order valence-corrected chi connectivity index (χ1v) is 7.79. The Morgan fingerprint density at radius 3 is 2.80 bits per heavy atom. The molecule has 9 heteroatoms. The molecule has 0 bridgehead atoms. The molecule has 0 spiro atoms. The zero-order chi connectivity index (χ0) is 18.0. The Kier molecular flexibility index (Phi) is 4.55. The second kappa shape index (κ2) is 6.80. The van der Waals surface area contributed by atoms with Crippen molar-refractivity contribution in [3.8, 4) is 11.5 Å². The number of hydrogen-bond acceptors (Lipinski definition) is 6. The van der Waals surface area contributed by atoms with Gasteiger partial charge in [0.25, 0.3) is 0 Å². The van der Waals surface area contributed by atoms with Gasteiger partial charge < -0.3 is 14.8 Å². The highest BCUT2D eigenvalue weighted by Crippen LogP contribution is 2.30. The van der Waals surface area contributed by atoms with Crippen LogP contribution in [0.15, 0.2) is 24.3 Å². The third kappa shape index (κ3) is 3.54. The van der Waals surface area contributed by atoms with Gasteiger partial charge in [0.2, 0.25) is 5.91 Å². The Morgan fingerprint density at radius 2 is 2.12 bits per heavy atom. The number of aryl methyl sites for hydroxylation is 1. The van der Waals surface area contributed by atoms with Crippen molar-refractivity contribution in [3.63, 3.8) is 0 Å². The van der Waals surface area contributed by atoms with E-state index in [4.69, 9.17) is 9.47 Å². The van der Waals surface area contributed by atoms with Gasteiger partial charge >= 0.3 is 5.69 Å². The maximum Gasteiger partial charge on any atom is 0.312 e. The number of amides is 1. The maximum absolute atomic E-state index is 12.1. The van der Waals surface area contributed by atoms with Gasteiger partial charge in [0.1, 0.15) is 30.6 Å². The quantitative estimate of drug-likeness (QED) is 0.647. The van der Waals surface area contributed by atoms with E-state index >= 15 is 0 Å². The van der Waals surface area contributed by atoms with Crippen LogP contribution in [0.4, 0.5) is 5.69 Å². The zero-order valence-electron chi connectivity index (χ0n) is 13.9. The van der Waals surface area contributed by atoms with Gasteiger partial charge in [0, 0.05) is 0 Å². The second-order valence-corrected chi connectivity index (χ2v) is 5.74. The number of nitrogens with one attached hydrogen (secondary N) is 1. The number of carbonyl (C=O) groups excluding carboxylic acids is 1. The van der Waals surface area contributed by atoms with E-state index in [1.807, 2.05) is 18.2 Å². The molecule has 1 aromatic heterocycles. The number of nitro groups is 1. The number of para-hydroxylation sites is 2. The molecule has 1 N–H and O–H groups in total. The maximum atomic E-state index is 12.1. The number of hydrogen-bond donors (Lipinski definition) is 1. The molecule has 2 heterocycles. The van der Waals surface area contributed by atoms with Gasteiger partial charge in [-0.3, -0.25) is 19.6 Å². The summed E-state index contributed by atoms with van der Waals surface area (Å²) in [5, 5.41) is 17.8. The molecule has 1 aromatic carbocycles. The number of carbonyl (C=O) groups is 1. The molecule has 1 amide bonds. The molecule has 25 heavy (non-hydrogen) atoms. The molecule has 3 rings (SSSR count). The van der Waals surface area contributed by atoms with Crippen LogP contribution in [0.3, 0.4) is 0 Å². The average Bonchev–Trinajstić information content (AvgIpc) is 2.86. The second-order valence-electron chi connectivity index (χ2n) is 5.74. The SMILES string of the molecule is Cc1nn(CC(=O)NC[C@H]2COc3ccccc3O2)c(C)c1[N+](=O)[O-]. The molecule has 1 atom stereocenters. The summed E-state index contributed by atoms with van der Waals surface area (Å²) in [7, 11) is 0. The standard InChI is InChI=1S/C16H18N4O5/c1-10-16(20(22)23)11(2)19(18-10)8-15(21)17-7-12-9-24-13-5-3-4-6-14(13)25-12/h3-6,12H,7-9H2,1-2H3,(H,17,21)/t12-/m0/s1. The predicted octanol–water partition coefficient (Wildman–Crippen LogP) is 1.36. The summed E-state index contributed by atoms with van der Waals surface area (Å²) in [5.41, 5.74) is 0.577. The summed E-state index contributed by atoms with van der Waals surface area (Å²) in [6.07, 6.45) is -0.298. The van der Waals surface area contributed by atoms with Crippen LogP contribution in [0.25, 0.3) is 0 Å². The van der Waals surface area contributed by atoms with Gasteiger partial charge in [-0.15, -0.1) is 0 Å². The van der Waals surface area contributed by atoms with Crippen molar-refractivity contribution < 1.29 is 19.2 Å². The molecule has 1 aliphatic heterocycles. The first kappa shape index (κ1) is 16.7. The van der Waals surface area contributed by atoms with Gasteiger partial charge in [0.15, 0.2) is 11.5 Å². The lowest BCUT2D eigenvalue weighted by atomic mass is 10.2. The van der Waals surface area contributed by atoms with Gasteiger partial charge in [-0.05, 0) is 26.0 Å². The summed E-state index contributed by atoms with van der Waals surface area (Å²) in [4.78, 5) is 22.6. The third-order valence-electron chi connectivity index (χ3n) is 3.91. The van der Waals surface area contributed by atoms with Gasteiger partial charge in [-0.1, -0.05) is 12.1 Å². The fraction of sp³-hybridized carbons (Fsp3) is 0.375. The Hall–Kier alpha value is -3.10. The smallest absolute Gasteiger partial charge is 0.312 e. The minimum atomic E-state index is -0.489. The van der Waals surface area contributed by atoms with E-state index in [1.165, 1.54) is 4.68 Å². The molecule has 0 saturated carbocycles. The monoisotopic (exact) mass is 346 g/mol. The molecule has 0 fully saturated rings. The fourth-order valence-electron chi connectivity index (χ4n) is 2.69. The molecule has 2 aromatic rings. The Bertz CT molecular complexity index is 817. The Labute approximate surface area is 143 Å².